The van der Waals surface area contributed by atoms with Crippen LogP contribution in [0, 0.1) is 0 Å². The van der Waals surface area contributed by atoms with E-state index in [4.69, 9.17) is 0 Å². The van der Waals surface area contributed by atoms with Gasteiger partial charge in [0.05, 0.1) is 22.9 Å². The van der Waals surface area contributed by atoms with Gasteiger partial charge in [0.15, 0.2) is 5.82 Å². The predicted molar refractivity (Wildman–Crippen MR) is 43.5 cm³/mol. The first-order chi connectivity index (χ1) is 4.20. The lowest BCUT2D eigenvalue weighted by Crippen LogP contribution is -1.90. The Morgan fingerprint density at radius 1 is 1.67 bits per heavy atom. The summed E-state index contributed by atoms with van der Waals surface area (Å²) in [6, 6.07) is 0. The maximum absolute atomic E-state index is 4.10. The fraction of sp³-hybridized carbons (Fsp3) is 0.600. The Morgan fingerprint density at radius 2 is 2.33 bits per heavy atom. The second kappa shape index (κ2) is 2.64. The largest absolute Gasteiger partial charge is 0.219 e. The highest BCUT2D eigenvalue weighted by molar-refractivity contribution is 14.1. The van der Waals surface area contributed by atoms with Gasteiger partial charge in [-0.3, -0.25) is 0 Å². The van der Waals surface area contributed by atoms with Gasteiger partial charge in [-0.15, -0.1) is 5.10 Å². The quantitative estimate of drug-likeness (QED) is 0.694. The van der Waals surface area contributed by atoms with Gasteiger partial charge in [-0.2, -0.15) is 2.90 Å². The van der Waals surface area contributed by atoms with Crippen LogP contribution in [0.3, 0.4) is 0 Å². The third-order valence-corrected chi connectivity index (χ3v) is 1.46. The fourth-order valence-corrected chi connectivity index (χ4v) is 0.866. The smallest absolute Gasteiger partial charge is 0.154 e. The minimum Gasteiger partial charge on any atom is -0.219 e. The predicted octanol–water partition coefficient (Wildman–Crippen LogP) is 1.60. The molecule has 0 aliphatic heterocycles. The Hall–Kier alpha value is -0.130. The van der Waals surface area contributed by atoms with Crippen molar-refractivity contribution in [3.63, 3.8) is 0 Å². The standard InChI is InChI=1S/C5H8IN3/c1-4(2)5-7-3-9(6)8-5/h3-4H,1-2H3. The number of halogens is 1. The van der Waals surface area contributed by atoms with Crippen LogP contribution < -0.4 is 0 Å². The number of nitrogens with zero attached hydrogens (tertiary/aromatic N) is 3. The van der Waals surface area contributed by atoms with Crippen LogP contribution in [-0.2, 0) is 0 Å². The highest BCUT2D eigenvalue weighted by atomic mass is 127. The van der Waals surface area contributed by atoms with Gasteiger partial charge >= 0.3 is 0 Å². The minimum absolute atomic E-state index is 0.431. The van der Waals surface area contributed by atoms with Crippen LogP contribution in [0.1, 0.15) is 25.6 Å². The zero-order valence-corrected chi connectivity index (χ0v) is 7.53. The van der Waals surface area contributed by atoms with Gasteiger partial charge in [-0.1, -0.05) is 13.8 Å². The second-order valence-electron chi connectivity index (χ2n) is 2.15. The van der Waals surface area contributed by atoms with Crippen molar-refractivity contribution in [2.24, 2.45) is 0 Å². The molecule has 0 aliphatic rings. The third-order valence-electron chi connectivity index (χ3n) is 1.000. The molecule has 0 aromatic carbocycles. The van der Waals surface area contributed by atoms with E-state index in [0.717, 1.165) is 5.82 Å². The number of hydrogen-bond donors (Lipinski definition) is 0. The van der Waals surface area contributed by atoms with Gasteiger partial charge in [0.2, 0.25) is 0 Å². The summed E-state index contributed by atoms with van der Waals surface area (Å²) in [4.78, 5) is 4.06. The van der Waals surface area contributed by atoms with Gasteiger partial charge in [0, 0.05) is 5.92 Å². The molecule has 0 unspecified atom stereocenters. The maximum Gasteiger partial charge on any atom is 0.154 e. The van der Waals surface area contributed by atoms with E-state index >= 15 is 0 Å². The lowest BCUT2D eigenvalue weighted by atomic mass is 10.2. The van der Waals surface area contributed by atoms with E-state index in [-0.39, 0.29) is 0 Å². The Kier molecular flexibility index (Phi) is 2.05. The molecule has 0 aliphatic carbocycles. The Labute approximate surface area is 68.0 Å². The fourth-order valence-electron chi connectivity index (χ4n) is 0.521. The molecule has 1 rings (SSSR count). The Balaban J connectivity index is 2.85. The SMILES string of the molecule is CC(C)c1ncn(I)n1. The number of rotatable bonds is 1. The molecule has 3 nitrogen and oxygen atoms in total. The molecule has 0 saturated carbocycles. The third kappa shape index (κ3) is 1.64. The molecule has 1 aromatic heterocycles. The van der Waals surface area contributed by atoms with Crippen LogP contribution in [0.15, 0.2) is 6.33 Å². The molecule has 0 atom stereocenters. The van der Waals surface area contributed by atoms with Crippen LogP contribution >= 0.6 is 22.9 Å². The van der Waals surface area contributed by atoms with Gasteiger partial charge in [-0.25, -0.2) is 4.98 Å². The van der Waals surface area contributed by atoms with Crippen molar-refractivity contribution in [1.29, 1.82) is 0 Å². The Bertz CT molecular complexity index is 194. The second-order valence-corrected chi connectivity index (χ2v) is 3.13. The van der Waals surface area contributed by atoms with E-state index in [1.165, 1.54) is 0 Å². The summed E-state index contributed by atoms with van der Waals surface area (Å²) >= 11 is 2.08. The van der Waals surface area contributed by atoms with E-state index in [1.54, 1.807) is 9.22 Å². The van der Waals surface area contributed by atoms with Crippen LogP contribution in [0.5, 0.6) is 0 Å². The zero-order valence-electron chi connectivity index (χ0n) is 5.37. The summed E-state index contributed by atoms with van der Waals surface area (Å²) < 4.78 is 1.69. The van der Waals surface area contributed by atoms with Crippen molar-refractivity contribution in [1.82, 2.24) is 13.0 Å². The average Bonchev–Trinajstić information content (AvgIpc) is 2.14. The molecular weight excluding hydrogens is 229 g/mol. The summed E-state index contributed by atoms with van der Waals surface area (Å²) in [5, 5.41) is 4.10. The molecule has 0 fully saturated rings. The van der Waals surface area contributed by atoms with Crippen molar-refractivity contribution >= 4 is 22.9 Å². The molecule has 0 N–H and O–H groups in total. The highest BCUT2D eigenvalue weighted by Gasteiger charge is 2.02. The molecule has 1 aromatic rings. The lowest BCUT2D eigenvalue weighted by Gasteiger charge is -1.92. The van der Waals surface area contributed by atoms with Crippen LogP contribution in [0.25, 0.3) is 0 Å². The molecular formula is C5H8IN3. The maximum atomic E-state index is 4.10. The molecule has 50 valence electrons. The molecule has 1 heterocycles. The van der Waals surface area contributed by atoms with Gasteiger partial charge in [0.1, 0.15) is 6.33 Å². The molecule has 9 heavy (non-hydrogen) atoms. The molecule has 0 saturated heterocycles. The number of hydrogen-bond acceptors (Lipinski definition) is 2. The molecule has 0 bridgehead atoms. The van der Waals surface area contributed by atoms with Crippen molar-refractivity contribution < 1.29 is 0 Å². The van der Waals surface area contributed by atoms with Crippen molar-refractivity contribution in [3.05, 3.63) is 12.2 Å². The van der Waals surface area contributed by atoms with E-state index in [9.17, 15) is 0 Å². The van der Waals surface area contributed by atoms with Gasteiger partial charge in [0.25, 0.3) is 0 Å². The highest BCUT2D eigenvalue weighted by Crippen LogP contribution is 2.07. The topological polar surface area (TPSA) is 30.7 Å². The zero-order chi connectivity index (χ0) is 6.85. The van der Waals surface area contributed by atoms with Gasteiger partial charge in [-0.05, 0) is 0 Å². The summed E-state index contributed by atoms with van der Waals surface area (Å²) in [6.45, 7) is 4.15. The first-order valence-electron chi connectivity index (χ1n) is 2.78. The lowest BCUT2D eigenvalue weighted by molar-refractivity contribution is 0.778. The van der Waals surface area contributed by atoms with E-state index in [0.29, 0.717) is 5.92 Å². The van der Waals surface area contributed by atoms with Gasteiger partial charge < -0.3 is 0 Å². The van der Waals surface area contributed by atoms with Crippen LogP contribution in [-0.4, -0.2) is 13.0 Å². The average molecular weight is 237 g/mol. The normalized spacial score (nSPS) is 10.7. The number of aromatic nitrogens is 3. The summed E-state index contributed by atoms with van der Waals surface area (Å²) in [5.74, 6) is 1.34. The van der Waals surface area contributed by atoms with E-state index < -0.39 is 0 Å². The summed E-state index contributed by atoms with van der Waals surface area (Å²) in [7, 11) is 0. The minimum atomic E-state index is 0.431. The monoisotopic (exact) mass is 237 g/mol. The molecule has 4 heteroatoms. The van der Waals surface area contributed by atoms with E-state index in [2.05, 4.69) is 46.8 Å². The molecule has 0 spiro atoms. The van der Waals surface area contributed by atoms with Crippen molar-refractivity contribution in [2.75, 3.05) is 0 Å². The first-order valence-corrected chi connectivity index (χ1v) is 3.74. The van der Waals surface area contributed by atoms with E-state index in [1.807, 2.05) is 0 Å². The summed E-state index contributed by atoms with van der Waals surface area (Å²) in [6.07, 6.45) is 1.70. The Morgan fingerprint density at radius 3 is 2.56 bits per heavy atom. The van der Waals surface area contributed by atoms with Crippen LogP contribution in [0.2, 0.25) is 0 Å². The first kappa shape index (κ1) is 6.98. The van der Waals surface area contributed by atoms with Crippen LogP contribution in [0.4, 0.5) is 0 Å². The summed E-state index contributed by atoms with van der Waals surface area (Å²) in [5.41, 5.74) is 0. The molecule has 0 amide bonds. The molecule has 0 radical (unpaired) electrons. The van der Waals surface area contributed by atoms with Crippen molar-refractivity contribution in [3.8, 4) is 0 Å². The van der Waals surface area contributed by atoms with Crippen molar-refractivity contribution in [2.45, 2.75) is 19.8 Å².